The van der Waals surface area contributed by atoms with Crippen molar-refractivity contribution in [3.8, 4) is 0 Å². The van der Waals surface area contributed by atoms with E-state index in [1.807, 2.05) is 6.92 Å². The van der Waals surface area contributed by atoms with E-state index < -0.39 is 0 Å². The second-order valence-electron chi connectivity index (χ2n) is 3.93. The minimum absolute atomic E-state index is 0.237. The average molecular weight is 173 g/mol. The Balaban J connectivity index is 3.78. The third kappa shape index (κ3) is 4.07. The first-order valence-electron chi connectivity index (χ1n) is 4.87. The van der Waals surface area contributed by atoms with Crippen LogP contribution >= 0.6 is 0 Å². The molecule has 1 N–H and O–H groups in total. The van der Waals surface area contributed by atoms with Crippen LogP contribution in [0.2, 0.25) is 0 Å². The lowest BCUT2D eigenvalue weighted by Gasteiger charge is -2.29. The summed E-state index contributed by atoms with van der Waals surface area (Å²) in [6.07, 6.45) is 0.968. The lowest BCUT2D eigenvalue weighted by atomic mass is 10.1. The van der Waals surface area contributed by atoms with Gasteiger partial charge < -0.3 is 10.0 Å². The Morgan fingerprint density at radius 2 is 1.75 bits per heavy atom. The van der Waals surface area contributed by atoms with Crippen molar-refractivity contribution >= 4 is 0 Å². The summed E-state index contributed by atoms with van der Waals surface area (Å²) in [5.74, 6) is 0.719. The maximum absolute atomic E-state index is 9.34. The van der Waals surface area contributed by atoms with Crippen LogP contribution in [0.4, 0.5) is 0 Å². The van der Waals surface area contributed by atoms with Crippen molar-refractivity contribution in [2.75, 3.05) is 13.6 Å². The van der Waals surface area contributed by atoms with E-state index in [2.05, 4.69) is 32.7 Å². The number of aliphatic hydroxyl groups is 1. The van der Waals surface area contributed by atoms with Gasteiger partial charge in [0.15, 0.2) is 0 Å². The Kier molecular flexibility index (Phi) is 5.51. The van der Waals surface area contributed by atoms with E-state index >= 15 is 0 Å². The molecule has 0 fully saturated rings. The van der Waals surface area contributed by atoms with Crippen LogP contribution in [0.1, 0.15) is 34.1 Å². The Labute approximate surface area is 76.6 Å². The van der Waals surface area contributed by atoms with Crippen molar-refractivity contribution < 1.29 is 5.11 Å². The van der Waals surface area contributed by atoms with Gasteiger partial charge in [-0.15, -0.1) is 0 Å². The lowest BCUT2D eigenvalue weighted by molar-refractivity contribution is 0.0786. The van der Waals surface area contributed by atoms with Gasteiger partial charge in [-0.05, 0) is 26.8 Å². The highest BCUT2D eigenvalue weighted by molar-refractivity contribution is 4.70. The summed E-state index contributed by atoms with van der Waals surface area (Å²) in [7, 11) is 2.07. The van der Waals surface area contributed by atoms with Crippen LogP contribution in [-0.2, 0) is 0 Å². The van der Waals surface area contributed by atoms with E-state index in [9.17, 15) is 5.11 Å². The first-order valence-corrected chi connectivity index (χ1v) is 4.87. The number of likely N-dealkylation sites (N-methyl/N-ethyl adjacent to an activating group) is 1. The summed E-state index contributed by atoms with van der Waals surface area (Å²) < 4.78 is 0. The fraction of sp³-hybridized carbons (Fsp3) is 1.00. The number of nitrogens with zero attached hydrogens (tertiary/aromatic N) is 1. The third-order valence-electron chi connectivity index (χ3n) is 2.69. The summed E-state index contributed by atoms with van der Waals surface area (Å²) in [4.78, 5) is 2.22. The molecular weight excluding hydrogens is 150 g/mol. The molecule has 0 aromatic rings. The van der Waals surface area contributed by atoms with Gasteiger partial charge in [0.25, 0.3) is 0 Å². The first kappa shape index (κ1) is 11.9. The highest BCUT2D eigenvalue weighted by Crippen LogP contribution is 2.07. The summed E-state index contributed by atoms with van der Waals surface area (Å²) in [6, 6.07) is 0.263. The quantitative estimate of drug-likeness (QED) is 0.684. The van der Waals surface area contributed by atoms with Crippen LogP contribution in [0.3, 0.4) is 0 Å². The van der Waals surface area contributed by atoms with Crippen LogP contribution in [0.25, 0.3) is 0 Å². The van der Waals surface area contributed by atoms with Gasteiger partial charge in [0, 0.05) is 12.6 Å². The number of aliphatic hydroxyl groups excluding tert-OH is 1. The molecule has 2 heteroatoms. The summed E-state index contributed by atoms with van der Waals surface area (Å²) in [5.41, 5.74) is 0. The van der Waals surface area contributed by atoms with Gasteiger partial charge >= 0.3 is 0 Å². The van der Waals surface area contributed by atoms with Gasteiger partial charge in [-0.25, -0.2) is 0 Å². The highest BCUT2D eigenvalue weighted by atomic mass is 16.3. The molecule has 0 amide bonds. The smallest absolute Gasteiger partial charge is 0.0664 e. The highest BCUT2D eigenvalue weighted by Gasteiger charge is 2.15. The molecule has 3 unspecified atom stereocenters. The molecular formula is C10H23NO. The standard InChI is InChI=1S/C10H23NO/c1-6-8(2)7-11(5)9(3)10(4)12/h8-10,12H,6-7H2,1-5H3. The SMILES string of the molecule is CCC(C)CN(C)C(C)C(C)O. The normalized spacial score (nSPS) is 19.2. The van der Waals surface area contributed by atoms with Crippen LogP contribution in [0.15, 0.2) is 0 Å². The third-order valence-corrected chi connectivity index (χ3v) is 2.69. The molecule has 2 nitrogen and oxygen atoms in total. The molecule has 3 atom stereocenters. The second-order valence-corrected chi connectivity index (χ2v) is 3.93. The van der Waals surface area contributed by atoms with Crippen molar-refractivity contribution in [3.05, 3.63) is 0 Å². The molecule has 12 heavy (non-hydrogen) atoms. The van der Waals surface area contributed by atoms with Crippen LogP contribution < -0.4 is 0 Å². The first-order chi connectivity index (χ1) is 5.49. The van der Waals surface area contributed by atoms with E-state index in [-0.39, 0.29) is 12.1 Å². The molecule has 0 heterocycles. The van der Waals surface area contributed by atoms with Crippen molar-refractivity contribution in [3.63, 3.8) is 0 Å². The molecule has 0 aromatic carbocycles. The molecule has 0 radical (unpaired) electrons. The van der Waals surface area contributed by atoms with Gasteiger partial charge in [-0.2, -0.15) is 0 Å². The molecule has 0 rings (SSSR count). The molecule has 0 aromatic heterocycles. The number of hydrogen-bond acceptors (Lipinski definition) is 2. The summed E-state index contributed by atoms with van der Waals surface area (Å²) >= 11 is 0. The lowest BCUT2D eigenvalue weighted by Crippen LogP contribution is -2.39. The minimum atomic E-state index is -0.237. The van der Waals surface area contributed by atoms with Crippen LogP contribution in [-0.4, -0.2) is 35.7 Å². The van der Waals surface area contributed by atoms with E-state index in [0.717, 1.165) is 12.5 Å². The Morgan fingerprint density at radius 1 is 1.25 bits per heavy atom. The molecule has 0 aliphatic heterocycles. The molecule has 0 saturated heterocycles. The zero-order chi connectivity index (χ0) is 9.72. The molecule has 0 spiro atoms. The van der Waals surface area contributed by atoms with Gasteiger partial charge in [-0.1, -0.05) is 20.3 Å². The molecule has 0 bridgehead atoms. The monoisotopic (exact) mass is 173 g/mol. The Hall–Kier alpha value is -0.0800. The van der Waals surface area contributed by atoms with Gasteiger partial charge in [0.2, 0.25) is 0 Å². The van der Waals surface area contributed by atoms with Crippen molar-refractivity contribution in [1.29, 1.82) is 0 Å². The second kappa shape index (κ2) is 5.55. The van der Waals surface area contributed by atoms with E-state index in [0.29, 0.717) is 0 Å². The molecule has 0 saturated carbocycles. The minimum Gasteiger partial charge on any atom is -0.392 e. The molecule has 0 aliphatic carbocycles. The molecule has 74 valence electrons. The van der Waals surface area contributed by atoms with E-state index in [1.54, 1.807) is 0 Å². The van der Waals surface area contributed by atoms with Crippen molar-refractivity contribution in [2.24, 2.45) is 5.92 Å². The summed E-state index contributed by atoms with van der Waals surface area (Å²) in [5, 5.41) is 9.34. The fourth-order valence-electron chi connectivity index (χ4n) is 1.16. The topological polar surface area (TPSA) is 23.5 Å². The molecule has 0 aliphatic rings. The van der Waals surface area contributed by atoms with Gasteiger partial charge in [-0.3, -0.25) is 0 Å². The Bertz CT molecular complexity index is 114. The number of hydrogen-bond donors (Lipinski definition) is 1. The zero-order valence-electron chi connectivity index (χ0n) is 9.04. The van der Waals surface area contributed by atoms with E-state index in [4.69, 9.17) is 0 Å². The predicted octanol–water partition coefficient (Wildman–Crippen LogP) is 1.73. The predicted molar refractivity (Wildman–Crippen MR) is 53.2 cm³/mol. The van der Waals surface area contributed by atoms with Crippen molar-refractivity contribution in [1.82, 2.24) is 4.90 Å². The van der Waals surface area contributed by atoms with E-state index in [1.165, 1.54) is 6.42 Å². The average Bonchev–Trinajstić information content (AvgIpc) is 2.02. The van der Waals surface area contributed by atoms with Crippen LogP contribution in [0.5, 0.6) is 0 Å². The maximum Gasteiger partial charge on any atom is 0.0664 e. The maximum atomic E-state index is 9.34. The van der Waals surface area contributed by atoms with Crippen LogP contribution in [0, 0.1) is 5.92 Å². The summed E-state index contributed by atoms with van der Waals surface area (Å²) in [6.45, 7) is 9.42. The fourth-order valence-corrected chi connectivity index (χ4v) is 1.16. The zero-order valence-corrected chi connectivity index (χ0v) is 9.04. The Morgan fingerprint density at radius 3 is 2.08 bits per heavy atom. The number of rotatable bonds is 5. The van der Waals surface area contributed by atoms with Crippen molar-refractivity contribution in [2.45, 2.75) is 46.3 Å². The van der Waals surface area contributed by atoms with Gasteiger partial charge in [0.1, 0.15) is 0 Å². The van der Waals surface area contributed by atoms with Gasteiger partial charge in [0.05, 0.1) is 6.10 Å². The largest absolute Gasteiger partial charge is 0.392 e.